The van der Waals surface area contributed by atoms with E-state index in [0.29, 0.717) is 24.2 Å². The Balaban J connectivity index is 1.48. The van der Waals surface area contributed by atoms with Crippen molar-refractivity contribution in [2.75, 3.05) is 16.8 Å². The molecule has 0 saturated carbocycles. The summed E-state index contributed by atoms with van der Waals surface area (Å²) in [6.07, 6.45) is 2.37. The lowest BCUT2D eigenvalue weighted by molar-refractivity contribution is -0.117. The number of carbonyl (C=O) groups is 2. The zero-order valence-corrected chi connectivity index (χ0v) is 15.6. The molecule has 1 aromatic heterocycles. The smallest absolute Gasteiger partial charge is 0.258 e. The first-order valence-corrected chi connectivity index (χ1v) is 9.42. The minimum atomic E-state index is -0.308. The summed E-state index contributed by atoms with van der Waals surface area (Å²) < 4.78 is 5.27. The number of hydrogen-bond donors (Lipinski definition) is 1. The van der Waals surface area contributed by atoms with Crippen molar-refractivity contribution in [2.24, 2.45) is 0 Å². The van der Waals surface area contributed by atoms with E-state index in [1.807, 2.05) is 30.3 Å². The Morgan fingerprint density at radius 3 is 2.71 bits per heavy atom. The van der Waals surface area contributed by atoms with Gasteiger partial charge in [-0.3, -0.25) is 14.9 Å². The maximum absolute atomic E-state index is 12.6. The third-order valence-corrected chi connectivity index (χ3v) is 4.90. The molecular weight excluding hydrogens is 354 g/mol. The molecular formula is C22H21N3O3. The van der Waals surface area contributed by atoms with Crippen molar-refractivity contribution in [2.45, 2.75) is 26.2 Å². The van der Waals surface area contributed by atoms with Gasteiger partial charge in [-0.25, -0.2) is 0 Å². The van der Waals surface area contributed by atoms with E-state index in [1.165, 1.54) is 5.56 Å². The molecule has 6 heteroatoms. The van der Waals surface area contributed by atoms with E-state index in [-0.39, 0.29) is 17.7 Å². The van der Waals surface area contributed by atoms with E-state index in [2.05, 4.69) is 17.4 Å². The molecule has 3 aromatic rings. The van der Waals surface area contributed by atoms with Gasteiger partial charge in [0.15, 0.2) is 0 Å². The SMILES string of the molecule is CCc1ccc(-c2cc(NC(=O)c3cccc(N4CCCC4=O)c3)on2)cc1. The highest BCUT2D eigenvalue weighted by molar-refractivity contribution is 6.05. The molecule has 0 aliphatic carbocycles. The molecule has 0 radical (unpaired) electrons. The fourth-order valence-electron chi connectivity index (χ4n) is 3.30. The Morgan fingerprint density at radius 2 is 2.00 bits per heavy atom. The molecule has 1 N–H and O–H groups in total. The van der Waals surface area contributed by atoms with Crippen LogP contribution < -0.4 is 10.2 Å². The van der Waals surface area contributed by atoms with Crippen LogP contribution in [0.2, 0.25) is 0 Å². The Kier molecular flexibility index (Phi) is 4.93. The molecule has 0 atom stereocenters. The van der Waals surface area contributed by atoms with Crippen LogP contribution in [-0.4, -0.2) is 23.5 Å². The number of benzene rings is 2. The van der Waals surface area contributed by atoms with E-state index in [1.54, 1.807) is 29.2 Å². The van der Waals surface area contributed by atoms with Gasteiger partial charge in [0.25, 0.3) is 5.91 Å². The highest BCUT2D eigenvalue weighted by Crippen LogP contribution is 2.25. The topological polar surface area (TPSA) is 75.4 Å². The van der Waals surface area contributed by atoms with Crippen LogP contribution in [0, 0.1) is 0 Å². The average molecular weight is 375 g/mol. The van der Waals surface area contributed by atoms with Gasteiger partial charge >= 0.3 is 0 Å². The summed E-state index contributed by atoms with van der Waals surface area (Å²) in [5.74, 6) is 0.0614. The summed E-state index contributed by atoms with van der Waals surface area (Å²) in [7, 11) is 0. The van der Waals surface area contributed by atoms with Crippen LogP contribution in [0.1, 0.15) is 35.7 Å². The molecule has 2 amide bonds. The highest BCUT2D eigenvalue weighted by atomic mass is 16.5. The molecule has 0 unspecified atom stereocenters. The summed E-state index contributed by atoms with van der Waals surface area (Å²) in [5.41, 5.74) is 4.04. The number of amides is 2. The first kappa shape index (κ1) is 18.0. The van der Waals surface area contributed by atoms with E-state index in [9.17, 15) is 9.59 Å². The predicted octanol–water partition coefficient (Wildman–Crippen LogP) is 4.28. The quantitative estimate of drug-likeness (QED) is 0.722. The first-order valence-electron chi connectivity index (χ1n) is 9.42. The van der Waals surface area contributed by atoms with Crippen LogP contribution in [0.3, 0.4) is 0 Å². The van der Waals surface area contributed by atoms with Crippen LogP contribution >= 0.6 is 0 Å². The van der Waals surface area contributed by atoms with Crippen molar-refractivity contribution in [1.29, 1.82) is 0 Å². The molecule has 28 heavy (non-hydrogen) atoms. The zero-order valence-electron chi connectivity index (χ0n) is 15.6. The Bertz CT molecular complexity index is 1010. The van der Waals surface area contributed by atoms with Crippen LogP contribution in [0.25, 0.3) is 11.3 Å². The summed E-state index contributed by atoms with van der Waals surface area (Å²) in [6.45, 7) is 2.79. The Hall–Kier alpha value is -3.41. The molecule has 6 nitrogen and oxygen atoms in total. The van der Waals surface area contributed by atoms with Crippen molar-refractivity contribution in [3.8, 4) is 11.3 Å². The second-order valence-corrected chi connectivity index (χ2v) is 6.78. The average Bonchev–Trinajstić information content (AvgIpc) is 3.37. The fourth-order valence-corrected chi connectivity index (χ4v) is 3.30. The Morgan fingerprint density at radius 1 is 1.18 bits per heavy atom. The lowest BCUT2D eigenvalue weighted by Gasteiger charge is -2.16. The molecule has 2 heterocycles. The van der Waals surface area contributed by atoms with Crippen LogP contribution in [-0.2, 0) is 11.2 Å². The van der Waals surface area contributed by atoms with Gasteiger partial charge < -0.3 is 9.42 Å². The lowest BCUT2D eigenvalue weighted by Crippen LogP contribution is -2.24. The molecule has 2 aromatic carbocycles. The van der Waals surface area contributed by atoms with Crippen LogP contribution in [0.15, 0.2) is 59.1 Å². The van der Waals surface area contributed by atoms with E-state index >= 15 is 0 Å². The molecule has 4 rings (SSSR count). The number of rotatable bonds is 5. The second-order valence-electron chi connectivity index (χ2n) is 6.78. The van der Waals surface area contributed by atoms with Gasteiger partial charge in [0, 0.05) is 35.8 Å². The predicted molar refractivity (Wildman–Crippen MR) is 107 cm³/mol. The lowest BCUT2D eigenvalue weighted by atomic mass is 10.1. The maximum atomic E-state index is 12.6. The standard InChI is InChI=1S/C22H21N3O3/c1-2-15-8-10-16(11-9-15)19-14-20(28-24-19)23-22(27)17-5-3-6-18(13-17)25-12-4-7-21(25)26/h3,5-6,8-11,13-14H,2,4,7,12H2,1H3,(H,23,27). The van der Waals surface area contributed by atoms with Crippen molar-refractivity contribution < 1.29 is 14.1 Å². The monoisotopic (exact) mass is 375 g/mol. The molecule has 1 aliphatic rings. The highest BCUT2D eigenvalue weighted by Gasteiger charge is 2.22. The van der Waals surface area contributed by atoms with Crippen molar-refractivity contribution >= 4 is 23.4 Å². The van der Waals surface area contributed by atoms with Gasteiger partial charge in [0.1, 0.15) is 5.69 Å². The zero-order chi connectivity index (χ0) is 19.5. The summed E-state index contributed by atoms with van der Waals surface area (Å²) in [4.78, 5) is 26.2. The van der Waals surface area contributed by atoms with Gasteiger partial charge in [0.05, 0.1) is 0 Å². The summed E-state index contributed by atoms with van der Waals surface area (Å²) in [5, 5.41) is 6.76. The third-order valence-electron chi connectivity index (χ3n) is 4.90. The van der Waals surface area contributed by atoms with Gasteiger partial charge in [-0.1, -0.05) is 42.4 Å². The minimum Gasteiger partial charge on any atom is -0.338 e. The van der Waals surface area contributed by atoms with E-state index < -0.39 is 0 Å². The fraction of sp³-hybridized carbons (Fsp3) is 0.227. The van der Waals surface area contributed by atoms with Gasteiger partial charge in [-0.15, -0.1) is 0 Å². The normalized spacial score (nSPS) is 13.8. The van der Waals surface area contributed by atoms with E-state index in [4.69, 9.17) is 4.52 Å². The van der Waals surface area contributed by atoms with Crippen molar-refractivity contribution in [3.63, 3.8) is 0 Å². The molecule has 142 valence electrons. The van der Waals surface area contributed by atoms with Crippen molar-refractivity contribution in [1.82, 2.24) is 5.16 Å². The molecule has 0 spiro atoms. The summed E-state index contributed by atoms with van der Waals surface area (Å²) in [6, 6.07) is 16.8. The van der Waals surface area contributed by atoms with Crippen LogP contribution in [0.5, 0.6) is 0 Å². The number of aryl methyl sites for hydroxylation is 1. The molecule has 1 aliphatic heterocycles. The molecule has 0 bridgehead atoms. The van der Waals surface area contributed by atoms with E-state index in [0.717, 1.165) is 24.1 Å². The number of carbonyl (C=O) groups excluding carboxylic acids is 2. The Labute approximate surface area is 163 Å². The maximum Gasteiger partial charge on any atom is 0.258 e. The van der Waals surface area contributed by atoms with Crippen molar-refractivity contribution in [3.05, 3.63) is 65.7 Å². The number of anilines is 2. The largest absolute Gasteiger partial charge is 0.338 e. The number of nitrogens with zero attached hydrogens (tertiary/aromatic N) is 2. The second kappa shape index (κ2) is 7.68. The first-order chi connectivity index (χ1) is 13.6. The minimum absolute atomic E-state index is 0.0894. The number of hydrogen-bond acceptors (Lipinski definition) is 4. The third kappa shape index (κ3) is 3.67. The number of nitrogens with one attached hydrogen (secondary N) is 1. The molecule has 1 saturated heterocycles. The number of aromatic nitrogens is 1. The van der Waals surface area contributed by atoms with Gasteiger partial charge in [0.2, 0.25) is 11.8 Å². The van der Waals surface area contributed by atoms with Gasteiger partial charge in [-0.2, -0.15) is 0 Å². The summed E-state index contributed by atoms with van der Waals surface area (Å²) >= 11 is 0. The van der Waals surface area contributed by atoms with Gasteiger partial charge in [-0.05, 0) is 36.6 Å². The molecule has 1 fully saturated rings. The van der Waals surface area contributed by atoms with Crippen LogP contribution in [0.4, 0.5) is 11.6 Å².